The van der Waals surface area contributed by atoms with Crippen molar-refractivity contribution in [2.45, 2.75) is 19.4 Å². The number of benzene rings is 3. The van der Waals surface area contributed by atoms with Gasteiger partial charge in [0.05, 0.1) is 6.61 Å². The number of para-hydroxylation sites is 1. The molecule has 3 aromatic carbocycles. The fourth-order valence-corrected chi connectivity index (χ4v) is 3.65. The summed E-state index contributed by atoms with van der Waals surface area (Å²) in [6.45, 7) is 1.96. The molecule has 1 aromatic heterocycles. The Morgan fingerprint density at radius 3 is 2.34 bits per heavy atom. The molecule has 0 bridgehead atoms. The average Bonchev–Trinajstić information content (AvgIpc) is 3.23. The fraction of sp³-hybridized carbons (Fsp3) is 0.154. The molecule has 6 nitrogen and oxygen atoms in total. The zero-order valence-corrected chi connectivity index (χ0v) is 17.8. The van der Waals surface area contributed by atoms with Gasteiger partial charge < -0.3 is 20.4 Å². The summed E-state index contributed by atoms with van der Waals surface area (Å²) in [4.78, 5) is 28.4. The summed E-state index contributed by atoms with van der Waals surface area (Å²) >= 11 is 0. The molecule has 4 aromatic rings. The number of aromatic nitrogens is 1. The van der Waals surface area contributed by atoms with Gasteiger partial charge >= 0.3 is 6.09 Å². The monoisotopic (exact) mass is 427 g/mol. The van der Waals surface area contributed by atoms with Crippen molar-refractivity contribution in [1.29, 1.82) is 0 Å². The van der Waals surface area contributed by atoms with Crippen LogP contribution in [0.1, 0.15) is 12.5 Å². The zero-order valence-electron chi connectivity index (χ0n) is 17.8. The molecule has 1 heterocycles. The molecule has 0 spiro atoms. The van der Waals surface area contributed by atoms with Crippen LogP contribution in [0.3, 0.4) is 0 Å². The summed E-state index contributed by atoms with van der Waals surface area (Å²) in [6, 6.07) is 24.7. The van der Waals surface area contributed by atoms with Crippen LogP contribution in [0.25, 0.3) is 22.0 Å². The highest BCUT2D eigenvalue weighted by molar-refractivity contribution is 5.97. The lowest BCUT2D eigenvalue weighted by Gasteiger charge is -2.18. The molecule has 6 heteroatoms. The van der Waals surface area contributed by atoms with Gasteiger partial charge in [-0.1, -0.05) is 60.7 Å². The molecule has 0 saturated carbocycles. The number of ether oxygens (including phenoxy) is 1. The molecule has 162 valence electrons. The Labute approximate surface area is 186 Å². The highest BCUT2D eigenvalue weighted by atomic mass is 16.5. The van der Waals surface area contributed by atoms with E-state index >= 15 is 0 Å². The van der Waals surface area contributed by atoms with E-state index in [9.17, 15) is 9.59 Å². The number of anilines is 1. The predicted molar refractivity (Wildman–Crippen MR) is 126 cm³/mol. The molecule has 0 unspecified atom stereocenters. The Balaban J connectivity index is 1.51. The van der Waals surface area contributed by atoms with E-state index in [4.69, 9.17) is 4.74 Å². The van der Waals surface area contributed by atoms with E-state index in [2.05, 4.69) is 15.6 Å². The maximum absolute atomic E-state index is 13.1. The van der Waals surface area contributed by atoms with Gasteiger partial charge in [0.25, 0.3) is 0 Å². The summed E-state index contributed by atoms with van der Waals surface area (Å²) in [5, 5.41) is 6.62. The Kier molecular flexibility index (Phi) is 6.51. The number of fused-ring (bicyclic) bond motifs is 1. The maximum atomic E-state index is 13.1. The van der Waals surface area contributed by atoms with Crippen molar-refractivity contribution in [3.05, 3.63) is 90.6 Å². The number of hydrogen-bond donors (Lipinski definition) is 3. The number of hydrogen-bond acceptors (Lipinski definition) is 3. The van der Waals surface area contributed by atoms with Crippen molar-refractivity contribution in [3.8, 4) is 11.1 Å². The molecule has 0 aliphatic rings. The van der Waals surface area contributed by atoms with Gasteiger partial charge in [0.2, 0.25) is 5.91 Å². The Bertz CT molecular complexity index is 1200. The summed E-state index contributed by atoms with van der Waals surface area (Å²) < 4.78 is 5.01. The molecular weight excluding hydrogens is 402 g/mol. The lowest BCUT2D eigenvalue weighted by molar-refractivity contribution is -0.118. The second-order valence-electron chi connectivity index (χ2n) is 7.41. The molecule has 0 fully saturated rings. The van der Waals surface area contributed by atoms with Gasteiger partial charge in [0.1, 0.15) is 6.04 Å². The third kappa shape index (κ3) is 4.98. The normalized spacial score (nSPS) is 11.7. The first-order valence-electron chi connectivity index (χ1n) is 10.6. The van der Waals surface area contributed by atoms with E-state index < -0.39 is 12.1 Å². The summed E-state index contributed by atoms with van der Waals surface area (Å²) in [5.41, 5.74) is 4.74. The molecule has 0 aliphatic heterocycles. The summed E-state index contributed by atoms with van der Waals surface area (Å²) in [6.07, 6.45) is 1.58. The standard InChI is InChI=1S/C26H25N3O3/c1-2-32-26(31)29-24(16-20-17-27-23-11-7-6-10-22(20)23)25(30)28-21-14-12-19(13-15-21)18-8-4-3-5-9-18/h3-15,17,24,27H,2,16H2,1H3,(H,28,30)(H,29,31)/t24-/m1/s1. The first-order valence-corrected chi connectivity index (χ1v) is 10.6. The number of alkyl carbamates (subject to hydrolysis) is 1. The topological polar surface area (TPSA) is 83.2 Å². The number of amides is 2. The first-order chi connectivity index (χ1) is 15.6. The Morgan fingerprint density at radius 1 is 0.906 bits per heavy atom. The van der Waals surface area contributed by atoms with Crippen molar-refractivity contribution in [2.75, 3.05) is 11.9 Å². The smallest absolute Gasteiger partial charge is 0.407 e. The Morgan fingerprint density at radius 2 is 1.59 bits per heavy atom. The van der Waals surface area contributed by atoms with Crippen LogP contribution >= 0.6 is 0 Å². The molecule has 0 radical (unpaired) electrons. The highest BCUT2D eigenvalue weighted by Gasteiger charge is 2.23. The SMILES string of the molecule is CCOC(=O)N[C@H](Cc1c[nH]c2ccccc12)C(=O)Nc1ccc(-c2ccccc2)cc1. The summed E-state index contributed by atoms with van der Waals surface area (Å²) in [7, 11) is 0. The van der Waals surface area contributed by atoms with Crippen LogP contribution in [0.15, 0.2) is 85.1 Å². The minimum absolute atomic E-state index is 0.230. The molecule has 0 saturated heterocycles. The van der Waals surface area contributed by atoms with E-state index in [0.29, 0.717) is 12.1 Å². The van der Waals surface area contributed by atoms with Crippen LogP contribution in [0, 0.1) is 0 Å². The van der Waals surface area contributed by atoms with Gasteiger partial charge in [-0.3, -0.25) is 4.79 Å². The van der Waals surface area contributed by atoms with E-state index in [1.807, 2.05) is 85.1 Å². The zero-order chi connectivity index (χ0) is 22.3. The molecule has 0 aliphatic carbocycles. The van der Waals surface area contributed by atoms with Crippen LogP contribution in [0.2, 0.25) is 0 Å². The number of nitrogens with one attached hydrogen (secondary N) is 3. The fourth-order valence-electron chi connectivity index (χ4n) is 3.65. The number of carbonyl (C=O) groups is 2. The second kappa shape index (κ2) is 9.83. The third-order valence-corrected chi connectivity index (χ3v) is 5.24. The van der Waals surface area contributed by atoms with Crippen molar-refractivity contribution >= 4 is 28.6 Å². The molecule has 2 amide bonds. The summed E-state index contributed by atoms with van der Waals surface area (Å²) in [5.74, 6) is -0.309. The highest BCUT2D eigenvalue weighted by Crippen LogP contribution is 2.22. The molecule has 3 N–H and O–H groups in total. The van der Waals surface area contributed by atoms with Crippen LogP contribution in [0.4, 0.5) is 10.5 Å². The number of carbonyl (C=O) groups excluding carboxylic acids is 2. The van der Waals surface area contributed by atoms with E-state index in [-0.39, 0.29) is 12.5 Å². The van der Waals surface area contributed by atoms with Gasteiger partial charge in [-0.25, -0.2) is 4.79 Å². The average molecular weight is 428 g/mol. The largest absolute Gasteiger partial charge is 0.450 e. The van der Waals surface area contributed by atoms with E-state index in [0.717, 1.165) is 27.6 Å². The van der Waals surface area contributed by atoms with Gasteiger partial charge in [-0.2, -0.15) is 0 Å². The molecule has 1 atom stereocenters. The minimum Gasteiger partial charge on any atom is -0.450 e. The number of aromatic amines is 1. The number of rotatable bonds is 7. The van der Waals surface area contributed by atoms with E-state index in [1.54, 1.807) is 6.92 Å². The molecular formula is C26H25N3O3. The third-order valence-electron chi connectivity index (χ3n) is 5.24. The van der Waals surface area contributed by atoms with Crippen molar-refractivity contribution in [2.24, 2.45) is 0 Å². The van der Waals surface area contributed by atoms with Gasteiger partial charge in [-0.05, 0) is 41.8 Å². The lowest BCUT2D eigenvalue weighted by atomic mass is 10.0. The first kappa shape index (κ1) is 21.2. The molecule has 32 heavy (non-hydrogen) atoms. The van der Waals surface area contributed by atoms with Gasteiger partial charge in [-0.15, -0.1) is 0 Å². The Hall–Kier alpha value is -4.06. The van der Waals surface area contributed by atoms with Crippen LogP contribution in [-0.2, 0) is 16.0 Å². The van der Waals surface area contributed by atoms with Crippen molar-refractivity contribution in [3.63, 3.8) is 0 Å². The second-order valence-corrected chi connectivity index (χ2v) is 7.41. The maximum Gasteiger partial charge on any atom is 0.407 e. The quantitative estimate of drug-likeness (QED) is 0.382. The van der Waals surface area contributed by atoms with Crippen LogP contribution < -0.4 is 10.6 Å². The van der Waals surface area contributed by atoms with Crippen molar-refractivity contribution < 1.29 is 14.3 Å². The van der Waals surface area contributed by atoms with Crippen LogP contribution in [-0.4, -0.2) is 29.6 Å². The minimum atomic E-state index is -0.790. The predicted octanol–water partition coefficient (Wildman–Crippen LogP) is 5.13. The van der Waals surface area contributed by atoms with Crippen molar-refractivity contribution in [1.82, 2.24) is 10.3 Å². The number of H-pyrrole nitrogens is 1. The van der Waals surface area contributed by atoms with Gasteiger partial charge in [0.15, 0.2) is 0 Å². The van der Waals surface area contributed by atoms with Gasteiger partial charge in [0, 0.05) is 29.2 Å². The van der Waals surface area contributed by atoms with E-state index in [1.165, 1.54) is 0 Å². The van der Waals surface area contributed by atoms with Crippen LogP contribution in [0.5, 0.6) is 0 Å². The molecule has 4 rings (SSSR count). The lowest BCUT2D eigenvalue weighted by Crippen LogP contribution is -2.45.